The third-order valence-electron chi connectivity index (χ3n) is 3.46. The highest BCUT2D eigenvalue weighted by atomic mass is 16.5. The van der Waals surface area contributed by atoms with Crippen LogP contribution in [0.3, 0.4) is 0 Å². The van der Waals surface area contributed by atoms with Crippen LogP contribution >= 0.6 is 0 Å². The van der Waals surface area contributed by atoms with Gasteiger partial charge in [0, 0.05) is 25.7 Å². The fourth-order valence-corrected chi connectivity index (χ4v) is 1.90. The minimum absolute atomic E-state index is 0.0670. The largest absolute Gasteiger partial charge is 0.379 e. The summed E-state index contributed by atoms with van der Waals surface area (Å²) in [6.07, 6.45) is 0. The van der Waals surface area contributed by atoms with Crippen LogP contribution in [0, 0.1) is 5.41 Å². The van der Waals surface area contributed by atoms with Crippen LogP contribution in [-0.4, -0.2) is 55.7 Å². The van der Waals surface area contributed by atoms with Crippen molar-refractivity contribution in [3.8, 4) is 0 Å². The molecule has 0 aromatic carbocycles. The molecule has 1 aliphatic rings. The summed E-state index contributed by atoms with van der Waals surface area (Å²) >= 11 is 0. The molecule has 0 aromatic rings. The lowest BCUT2D eigenvalue weighted by Crippen LogP contribution is -2.52. The number of nitrogens with two attached hydrogens (primary N) is 1. The van der Waals surface area contributed by atoms with E-state index in [9.17, 15) is 4.79 Å². The first-order valence-corrected chi connectivity index (χ1v) is 6.67. The van der Waals surface area contributed by atoms with Gasteiger partial charge in [-0.25, -0.2) is 0 Å². The maximum atomic E-state index is 11.9. The van der Waals surface area contributed by atoms with E-state index in [1.54, 1.807) is 0 Å². The Bertz CT molecular complexity index is 270. The van der Waals surface area contributed by atoms with Gasteiger partial charge in [0.25, 0.3) is 0 Å². The quantitative estimate of drug-likeness (QED) is 0.755. The van der Waals surface area contributed by atoms with E-state index in [1.807, 2.05) is 20.8 Å². The van der Waals surface area contributed by atoms with E-state index in [2.05, 4.69) is 17.1 Å². The van der Waals surface area contributed by atoms with Gasteiger partial charge in [-0.1, -0.05) is 20.8 Å². The van der Waals surface area contributed by atoms with Crippen LogP contribution < -0.4 is 11.1 Å². The van der Waals surface area contributed by atoms with Crippen LogP contribution in [0.15, 0.2) is 0 Å². The molecule has 1 amide bonds. The smallest absolute Gasteiger partial charge is 0.237 e. The van der Waals surface area contributed by atoms with Crippen LogP contribution in [0.25, 0.3) is 0 Å². The predicted molar refractivity (Wildman–Crippen MR) is 72.3 cm³/mol. The number of morpholine rings is 1. The third-order valence-corrected chi connectivity index (χ3v) is 3.46. The number of carbonyl (C=O) groups is 1. The fraction of sp³-hybridized carbons (Fsp3) is 0.923. The molecule has 1 rings (SSSR count). The highest BCUT2D eigenvalue weighted by molar-refractivity contribution is 5.82. The van der Waals surface area contributed by atoms with E-state index in [0.717, 1.165) is 26.3 Å². The number of carbonyl (C=O) groups excluding carboxylic acids is 1. The first-order chi connectivity index (χ1) is 8.32. The summed E-state index contributed by atoms with van der Waals surface area (Å²) in [6, 6.07) is -0.139. The predicted octanol–water partition coefficient (Wildman–Crippen LogP) is 0.197. The number of ether oxygens (including phenoxy) is 1. The summed E-state index contributed by atoms with van der Waals surface area (Å²) in [7, 11) is 0. The van der Waals surface area contributed by atoms with Crippen molar-refractivity contribution in [3.63, 3.8) is 0 Å². The third kappa shape index (κ3) is 4.55. The lowest BCUT2D eigenvalue weighted by Gasteiger charge is -2.33. The number of hydrogen-bond acceptors (Lipinski definition) is 4. The first-order valence-electron chi connectivity index (χ1n) is 6.67. The maximum absolute atomic E-state index is 11.9. The molecule has 0 saturated carbocycles. The Balaban J connectivity index is 2.33. The summed E-state index contributed by atoms with van der Waals surface area (Å²) in [5.74, 6) is -0.0670. The summed E-state index contributed by atoms with van der Waals surface area (Å²) in [4.78, 5) is 14.2. The standard InChI is InChI=1S/C13H27N3O2/c1-10(16-5-7-18-8-6-16)9-15-12(17)11(14)13(2,3)4/h10-11H,5-9,14H2,1-4H3,(H,15,17)/t10?,11-/m1/s1. The highest BCUT2D eigenvalue weighted by Crippen LogP contribution is 2.17. The molecule has 0 radical (unpaired) electrons. The average molecular weight is 257 g/mol. The van der Waals surface area contributed by atoms with Crippen LogP contribution in [0.1, 0.15) is 27.7 Å². The second-order valence-electron chi connectivity index (χ2n) is 6.09. The van der Waals surface area contributed by atoms with Crippen molar-refractivity contribution < 1.29 is 9.53 Å². The zero-order chi connectivity index (χ0) is 13.8. The Hall–Kier alpha value is -0.650. The van der Waals surface area contributed by atoms with Crippen LogP contribution in [0.4, 0.5) is 0 Å². The summed E-state index contributed by atoms with van der Waals surface area (Å²) in [5.41, 5.74) is 5.71. The lowest BCUT2D eigenvalue weighted by atomic mass is 9.87. The molecule has 0 aromatic heterocycles. The topological polar surface area (TPSA) is 67.6 Å². The molecule has 1 unspecified atom stereocenters. The van der Waals surface area contributed by atoms with Gasteiger partial charge in [0.15, 0.2) is 0 Å². The molecule has 18 heavy (non-hydrogen) atoms. The maximum Gasteiger partial charge on any atom is 0.237 e. The lowest BCUT2D eigenvalue weighted by molar-refractivity contribution is -0.124. The second-order valence-corrected chi connectivity index (χ2v) is 6.09. The Labute approximate surface area is 110 Å². The molecule has 1 aliphatic heterocycles. The van der Waals surface area contributed by atoms with Gasteiger partial charge in [-0.05, 0) is 12.3 Å². The zero-order valence-electron chi connectivity index (χ0n) is 12.0. The van der Waals surface area contributed by atoms with Gasteiger partial charge in [0.1, 0.15) is 0 Å². The Morgan fingerprint density at radius 2 is 1.94 bits per heavy atom. The fourth-order valence-electron chi connectivity index (χ4n) is 1.90. The molecule has 5 nitrogen and oxygen atoms in total. The van der Waals surface area contributed by atoms with Crippen molar-refractivity contribution in [1.29, 1.82) is 0 Å². The molecular formula is C13H27N3O2. The molecule has 1 saturated heterocycles. The van der Waals surface area contributed by atoms with Crippen LogP contribution in [-0.2, 0) is 9.53 Å². The monoisotopic (exact) mass is 257 g/mol. The van der Waals surface area contributed by atoms with Gasteiger partial charge >= 0.3 is 0 Å². The normalized spacial score (nSPS) is 21.4. The SMILES string of the molecule is CC(CNC(=O)[C@@H](N)C(C)(C)C)N1CCOCC1. The zero-order valence-corrected chi connectivity index (χ0v) is 12.0. The first kappa shape index (κ1) is 15.4. The minimum atomic E-state index is -0.464. The number of nitrogens with one attached hydrogen (secondary N) is 1. The number of nitrogens with zero attached hydrogens (tertiary/aromatic N) is 1. The van der Waals surface area contributed by atoms with E-state index in [0.29, 0.717) is 12.6 Å². The molecule has 5 heteroatoms. The number of hydrogen-bond donors (Lipinski definition) is 2. The molecule has 1 fully saturated rings. The Morgan fingerprint density at radius 3 is 2.44 bits per heavy atom. The molecule has 3 N–H and O–H groups in total. The summed E-state index contributed by atoms with van der Waals surface area (Å²) < 4.78 is 5.31. The van der Waals surface area contributed by atoms with Crippen LogP contribution in [0.5, 0.6) is 0 Å². The number of rotatable bonds is 4. The van der Waals surface area contributed by atoms with Crippen molar-refractivity contribution >= 4 is 5.91 Å². The van der Waals surface area contributed by atoms with Crippen LogP contribution in [0.2, 0.25) is 0 Å². The van der Waals surface area contributed by atoms with E-state index in [-0.39, 0.29) is 11.3 Å². The van der Waals surface area contributed by atoms with Gasteiger partial charge in [-0.15, -0.1) is 0 Å². The molecule has 0 spiro atoms. The Morgan fingerprint density at radius 1 is 1.39 bits per heavy atom. The molecule has 2 atom stereocenters. The van der Waals surface area contributed by atoms with Gasteiger partial charge in [0.05, 0.1) is 19.3 Å². The highest BCUT2D eigenvalue weighted by Gasteiger charge is 2.27. The molecule has 0 aliphatic carbocycles. The Kier molecular flexibility index (Phi) is 5.56. The van der Waals surface area contributed by atoms with Crippen molar-refractivity contribution in [1.82, 2.24) is 10.2 Å². The van der Waals surface area contributed by atoms with Crippen molar-refractivity contribution in [2.75, 3.05) is 32.8 Å². The second kappa shape index (κ2) is 6.50. The van der Waals surface area contributed by atoms with Gasteiger partial charge < -0.3 is 15.8 Å². The number of amides is 1. The van der Waals surface area contributed by atoms with E-state index < -0.39 is 6.04 Å². The van der Waals surface area contributed by atoms with E-state index >= 15 is 0 Å². The van der Waals surface area contributed by atoms with Crippen molar-refractivity contribution in [3.05, 3.63) is 0 Å². The molecule has 0 bridgehead atoms. The van der Waals surface area contributed by atoms with Gasteiger partial charge in [0.2, 0.25) is 5.91 Å². The average Bonchev–Trinajstić information content (AvgIpc) is 2.34. The molecule has 1 heterocycles. The van der Waals surface area contributed by atoms with E-state index in [1.165, 1.54) is 0 Å². The van der Waals surface area contributed by atoms with Crippen molar-refractivity contribution in [2.45, 2.75) is 39.8 Å². The molecular weight excluding hydrogens is 230 g/mol. The molecule has 106 valence electrons. The van der Waals surface area contributed by atoms with Gasteiger partial charge in [-0.3, -0.25) is 9.69 Å². The minimum Gasteiger partial charge on any atom is -0.379 e. The van der Waals surface area contributed by atoms with Crippen molar-refractivity contribution in [2.24, 2.45) is 11.1 Å². The summed E-state index contributed by atoms with van der Waals surface area (Å²) in [6.45, 7) is 12.1. The van der Waals surface area contributed by atoms with E-state index in [4.69, 9.17) is 10.5 Å². The van der Waals surface area contributed by atoms with Gasteiger partial charge in [-0.2, -0.15) is 0 Å². The summed E-state index contributed by atoms with van der Waals surface area (Å²) in [5, 5.41) is 2.94.